The fraction of sp³-hybridized carbons (Fsp3) is 0.444. The van der Waals surface area contributed by atoms with Crippen molar-refractivity contribution in [3.63, 3.8) is 0 Å². The molecule has 26 heavy (non-hydrogen) atoms. The van der Waals surface area contributed by atoms with Gasteiger partial charge in [0.1, 0.15) is 11.6 Å². The van der Waals surface area contributed by atoms with E-state index >= 15 is 0 Å². The van der Waals surface area contributed by atoms with Crippen molar-refractivity contribution in [2.45, 2.75) is 25.9 Å². The normalized spacial score (nSPS) is 20.7. The van der Waals surface area contributed by atoms with Gasteiger partial charge in [-0.2, -0.15) is 0 Å². The Kier molecular flexibility index (Phi) is 5.13. The molecule has 0 aliphatic carbocycles. The number of aromatic nitrogens is 2. The molecule has 2 unspecified atom stereocenters. The monoisotopic (exact) mass is 346 g/mol. The van der Waals surface area contributed by atoms with Crippen LogP contribution >= 0.6 is 0 Å². The molecule has 0 saturated carbocycles. The Labute approximate surface area is 157 Å². The third-order valence-corrected chi connectivity index (χ3v) is 5.41. The summed E-state index contributed by atoms with van der Waals surface area (Å²) in [5, 5.41) is 0. The van der Waals surface area contributed by atoms with Crippen molar-refractivity contribution in [2.75, 3.05) is 35.8 Å². The lowest BCUT2D eigenvalue weighted by atomic mass is 9.96. The molecular weight excluding hydrogens is 322 g/mol. The highest BCUT2D eigenvalue weighted by atomic mass is 15.3. The second-order valence-electron chi connectivity index (χ2n) is 6.95. The van der Waals surface area contributed by atoms with Crippen LogP contribution in [0.2, 0.25) is 0 Å². The average Bonchev–Trinajstić information content (AvgIpc) is 3.38. The first kappa shape index (κ1) is 17.4. The molecule has 2 aromatic heterocycles. The van der Waals surface area contributed by atoms with Crippen molar-refractivity contribution in [1.82, 2.24) is 19.6 Å². The van der Waals surface area contributed by atoms with E-state index in [1.807, 2.05) is 36.7 Å². The summed E-state index contributed by atoms with van der Waals surface area (Å²) in [5.74, 6) is 2.04. The molecule has 0 N–H and O–H groups in total. The van der Waals surface area contributed by atoms with Crippen LogP contribution < -0.4 is 9.62 Å². The van der Waals surface area contributed by atoms with Gasteiger partial charge in [0.25, 0.3) is 0 Å². The summed E-state index contributed by atoms with van der Waals surface area (Å²) in [6, 6.07) is 13.0. The van der Waals surface area contributed by atoms with E-state index in [-0.39, 0.29) is 0 Å². The van der Waals surface area contributed by atoms with E-state index in [2.05, 4.69) is 70.3 Å². The molecule has 2 atom stereocenters. The van der Waals surface area contributed by atoms with Crippen molar-refractivity contribution in [3.8, 4) is 0 Å². The van der Waals surface area contributed by atoms with Gasteiger partial charge < -0.3 is 19.2 Å². The summed E-state index contributed by atoms with van der Waals surface area (Å²) in [6.07, 6.45) is 3.70. The highest BCUT2D eigenvalue weighted by molar-refractivity contribution is 6.40. The van der Waals surface area contributed by atoms with Gasteiger partial charge in [0.15, 0.2) is 0 Å². The van der Waals surface area contributed by atoms with Crippen molar-refractivity contribution in [2.24, 2.45) is 0 Å². The Balaban J connectivity index is 1.34. The molecule has 2 fully saturated rings. The Hall–Kier alpha value is -2.05. The zero-order valence-electron chi connectivity index (χ0n) is 15.4. The van der Waals surface area contributed by atoms with E-state index in [4.69, 9.17) is 0 Å². The van der Waals surface area contributed by atoms with Gasteiger partial charge >= 0.3 is 15.1 Å². The van der Waals surface area contributed by atoms with E-state index in [9.17, 15) is 0 Å². The number of hydrogen-bond acceptors (Lipinski definition) is 6. The number of hydrogen-bond donors (Lipinski definition) is 0. The molecule has 8 heteroatoms. The van der Waals surface area contributed by atoms with Gasteiger partial charge in [-0.3, -0.25) is 0 Å². The van der Waals surface area contributed by atoms with Crippen molar-refractivity contribution >= 4 is 26.7 Å². The van der Waals surface area contributed by atoms with Crippen LogP contribution in [-0.4, -0.2) is 73.0 Å². The Morgan fingerprint density at radius 3 is 1.58 bits per heavy atom. The van der Waals surface area contributed by atoms with Gasteiger partial charge in [-0.05, 0) is 38.1 Å². The summed E-state index contributed by atoms with van der Waals surface area (Å²) < 4.78 is 0. The minimum absolute atomic E-state index is 0.420. The lowest BCUT2D eigenvalue weighted by molar-refractivity contribution is 0.238. The third kappa shape index (κ3) is 3.57. The molecule has 0 aromatic carbocycles. The summed E-state index contributed by atoms with van der Waals surface area (Å²) in [4.78, 5) is 18.2. The van der Waals surface area contributed by atoms with E-state index in [1.54, 1.807) is 0 Å². The minimum atomic E-state index is 0.420. The van der Waals surface area contributed by atoms with Gasteiger partial charge in [0.2, 0.25) is 0 Å². The number of anilines is 2. The first-order valence-electron chi connectivity index (χ1n) is 9.29. The van der Waals surface area contributed by atoms with Crippen LogP contribution in [0.1, 0.15) is 13.8 Å². The zero-order chi connectivity index (χ0) is 17.9. The molecule has 2 radical (unpaired) electrons. The Bertz CT molecular complexity index is 642. The predicted octanol–water partition coefficient (Wildman–Crippen LogP) is 1.27. The van der Waals surface area contributed by atoms with Crippen LogP contribution in [-0.2, 0) is 0 Å². The maximum Gasteiger partial charge on any atom is 0.353 e. The maximum atomic E-state index is 4.46. The molecular formula is C18H24B2N6. The Morgan fingerprint density at radius 1 is 0.731 bits per heavy atom. The topological polar surface area (TPSA) is 38.7 Å². The molecule has 0 spiro atoms. The predicted molar refractivity (Wildman–Crippen MR) is 107 cm³/mol. The fourth-order valence-corrected chi connectivity index (χ4v) is 3.60. The zero-order valence-corrected chi connectivity index (χ0v) is 15.4. The molecule has 2 saturated heterocycles. The second kappa shape index (κ2) is 7.68. The van der Waals surface area contributed by atoms with Crippen molar-refractivity contribution in [1.29, 1.82) is 0 Å². The van der Waals surface area contributed by atoms with Gasteiger partial charge in [0, 0.05) is 50.7 Å². The largest absolute Gasteiger partial charge is 0.388 e. The van der Waals surface area contributed by atoms with Crippen LogP contribution in [0.4, 0.5) is 11.6 Å². The fourth-order valence-electron chi connectivity index (χ4n) is 3.60. The lowest BCUT2D eigenvalue weighted by Gasteiger charge is -2.34. The maximum absolute atomic E-state index is 4.46. The molecule has 2 aliphatic heterocycles. The Morgan fingerprint density at radius 2 is 1.19 bits per heavy atom. The van der Waals surface area contributed by atoms with E-state index < -0.39 is 0 Å². The van der Waals surface area contributed by atoms with Crippen LogP contribution in [0, 0.1) is 0 Å². The number of nitrogens with zero attached hydrogens (tertiary/aromatic N) is 6. The van der Waals surface area contributed by atoms with E-state index in [1.165, 1.54) is 0 Å². The quantitative estimate of drug-likeness (QED) is 0.760. The van der Waals surface area contributed by atoms with E-state index in [0.29, 0.717) is 12.1 Å². The first-order valence-corrected chi connectivity index (χ1v) is 9.29. The average molecular weight is 346 g/mol. The van der Waals surface area contributed by atoms with Gasteiger partial charge in [-0.25, -0.2) is 9.97 Å². The summed E-state index contributed by atoms with van der Waals surface area (Å²) >= 11 is 0. The van der Waals surface area contributed by atoms with Gasteiger partial charge in [-0.15, -0.1) is 0 Å². The molecule has 2 aromatic rings. The summed E-state index contributed by atoms with van der Waals surface area (Å²) in [5.41, 5.74) is 0. The summed E-state index contributed by atoms with van der Waals surface area (Å²) in [6.45, 7) is 8.64. The van der Waals surface area contributed by atoms with E-state index in [0.717, 1.165) is 37.8 Å². The van der Waals surface area contributed by atoms with Crippen molar-refractivity contribution < 1.29 is 0 Å². The van der Waals surface area contributed by atoms with Gasteiger partial charge in [0.05, 0.1) is 0 Å². The number of pyridine rings is 2. The lowest BCUT2D eigenvalue weighted by Crippen LogP contribution is -2.50. The van der Waals surface area contributed by atoms with Crippen LogP contribution in [0.5, 0.6) is 0 Å². The highest BCUT2D eigenvalue weighted by Crippen LogP contribution is 2.21. The standard InChI is InChI=1S/C18H24B2N6/c1-15(23-11-13-25(19-23)17-7-3-5-9-21-17)16(2)24-12-14-26(20-24)18-8-4-6-10-22-18/h3-10,15-16H,11-14H2,1-2H3. The molecule has 132 valence electrons. The molecule has 6 nitrogen and oxygen atoms in total. The van der Waals surface area contributed by atoms with Crippen LogP contribution in [0.3, 0.4) is 0 Å². The SMILES string of the molecule is CC(C(C)N1[B]N(c2ccccn2)CC1)N1[B]N(c2ccccn2)CC1. The molecule has 2 aliphatic rings. The molecule has 4 heterocycles. The number of rotatable bonds is 5. The third-order valence-electron chi connectivity index (χ3n) is 5.41. The van der Waals surface area contributed by atoms with Crippen LogP contribution in [0.15, 0.2) is 48.8 Å². The highest BCUT2D eigenvalue weighted by Gasteiger charge is 2.35. The molecule has 0 bridgehead atoms. The molecule has 4 rings (SSSR count). The van der Waals surface area contributed by atoms with Crippen molar-refractivity contribution in [3.05, 3.63) is 48.8 Å². The summed E-state index contributed by atoms with van der Waals surface area (Å²) in [7, 11) is 4.44. The first-order chi connectivity index (χ1) is 12.7. The molecule has 0 amide bonds. The minimum Gasteiger partial charge on any atom is -0.388 e. The second-order valence-corrected chi connectivity index (χ2v) is 6.95. The smallest absolute Gasteiger partial charge is 0.353 e. The van der Waals surface area contributed by atoms with Gasteiger partial charge in [-0.1, -0.05) is 12.1 Å². The van der Waals surface area contributed by atoms with Crippen LogP contribution in [0.25, 0.3) is 0 Å².